The highest BCUT2D eigenvalue weighted by Gasteiger charge is 2.09. The zero-order valence-corrected chi connectivity index (χ0v) is 16.8. The Balaban J connectivity index is 1.83. The number of hydrogen-bond donors (Lipinski definition) is 2. The van der Waals surface area contributed by atoms with Crippen LogP contribution in [0.15, 0.2) is 48.5 Å². The number of anilines is 5. The predicted molar refractivity (Wildman–Crippen MR) is 114 cm³/mol. The first-order valence-corrected chi connectivity index (χ1v) is 9.50. The summed E-state index contributed by atoms with van der Waals surface area (Å²) in [5, 5.41) is 6.30. The van der Waals surface area contributed by atoms with Gasteiger partial charge in [0.05, 0.1) is 5.69 Å². The van der Waals surface area contributed by atoms with E-state index in [4.69, 9.17) is 0 Å². The van der Waals surface area contributed by atoms with E-state index in [0.717, 1.165) is 30.0 Å². The third-order valence-electron chi connectivity index (χ3n) is 4.58. The molecule has 1 heterocycles. The van der Waals surface area contributed by atoms with Gasteiger partial charge in [0.25, 0.3) is 0 Å². The molecule has 5 nitrogen and oxygen atoms in total. The Morgan fingerprint density at radius 2 is 1.64 bits per heavy atom. The van der Waals surface area contributed by atoms with E-state index in [-0.39, 0.29) is 5.82 Å². The van der Waals surface area contributed by atoms with E-state index in [1.807, 2.05) is 13.0 Å². The Morgan fingerprint density at radius 3 is 2.32 bits per heavy atom. The van der Waals surface area contributed by atoms with Gasteiger partial charge in [0.1, 0.15) is 11.6 Å². The molecule has 2 N–H and O–H groups in total. The van der Waals surface area contributed by atoms with Crippen molar-refractivity contribution < 1.29 is 4.39 Å². The lowest BCUT2D eigenvalue weighted by atomic mass is 10.1. The van der Waals surface area contributed by atoms with Gasteiger partial charge in [0, 0.05) is 36.2 Å². The first kappa shape index (κ1) is 19.6. The maximum atomic E-state index is 13.9. The number of halogens is 1. The standard InChI is InChI=1S/C22H26FN5/c1-5-28(6-2)17-11-12-19(15(3)13-17)26-22-24-16(4)14-21(27-22)25-20-10-8-7-9-18(20)23/h7-14H,5-6H2,1-4H3,(H2,24,25,26,27). The first-order chi connectivity index (χ1) is 13.5. The van der Waals surface area contributed by atoms with E-state index in [2.05, 4.69) is 58.4 Å². The summed E-state index contributed by atoms with van der Waals surface area (Å²) in [7, 11) is 0. The molecular formula is C22H26FN5. The molecule has 3 rings (SSSR count). The smallest absolute Gasteiger partial charge is 0.229 e. The van der Waals surface area contributed by atoms with Crippen molar-refractivity contribution in [3.05, 3.63) is 65.6 Å². The molecule has 6 heteroatoms. The Hall–Kier alpha value is -3.15. The van der Waals surface area contributed by atoms with E-state index in [0.29, 0.717) is 17.5 Å². The second kappa shape index (κ2) is 8.69. The molecule has 0 atom stereocenters. The number of aromatic nitrogens is 2. The summed E-state index contributed by atoms with van der Waals surface area (Å²) in [6, 6.07) is 14.6. The minimum Gasteiger partial charge on any atom is -0.372 e. The van der Waals surface area contributed by atoms with Crippen LogP contribution in [0, 0.1) is 19.7 Å². The fourth-order valence-electron chi connectivity index (χ4n) is 3.08. The van der Waals surface area contributed by atoms with Crippen molar-refractivity contribution in [2.24, 2.45) is 0 Å². The van der Waals surface area contributed by atoms with Crippen molar-refractivity contribution in [3.8, 4) is 0 Å². The molecule has 0 spiro atoms. The number of aryl methyl sites for hydroxylation is 2. The number of benzene rings is 2. The summed E-state index contributed by atoms with van der Waals surface area (Å²) in [6.45, 7) is 10.2. The zero-order chi connectivity index (χ0) is 20.1. The summed E-state index contributed by atoms with van der Waals surface area (Å²) in [5.74, 6) is 0.686. The Labute approximate surface area is 165 Å². The van der Waals surface area contributed by atoms with Gasteiger partial charge in [-0.2, -0.15) is 4.98 Å². The maximum absolute atomic E-state index is 13.9. The average molecular weight is 379 g/mol. The number of hydrogen-bond acceptors (Lipinski definition) is 5. The van der Waals surface area contributed by atoms with Crippen LogP contribution >= 0.6 is 0 Å². The SMILES string of the molecule is CCN(CC)c1ccc(Nc2nc(C)cc(Nc3ccccc3F)n2)c(C)c1. The van der Waals surface area contributed by atoms with Crippen LogP contribution in [0.3, 0.4) is 0 Å². The number of para-hydroxylation sites is 1. The van der Waals surface area contributed by atoms with Crippen molar-refractivity contribution in [3.63, 3.8) is 0 Å². The molecule has 0 amide bonds. The molecule has 0 saturated carbocycles. The molecule has 28 heavy (non-hydrogen) atoms. The van der Waals surface area contributed by atoms with Crippen molar-refractivity contribution in [1.29, 1.82) is 0 Å². The molecule has 0 saturated heterocycles. The van der Waals surface area contributed by atoms with Crippen molar-refractivity contribution in [2.75, 3.05) is 28.6 Å². The lowest BCUT2D eigenvalue weighted by Gasteiger charge is -2.22. The van der Waals surface area contributed by atoms with Crippen molar-refractivity contribution >= 4 is 28.8 Å². The van der Waals surface area contributed by atoms with Crippen molar-refractivity contribution in [2.45, 2.75) is 27.7 Å². The topological polar surface area (TPSA) is 53.1 Å². The van der Waals surface area contributed by atoms with Crippen LogP contribution in [0.4, 0.5) is 33.2 Å². The minimum absolute atomic E-state index is 0.323. The van der Waals surface area contributed by atoms with E-state index >= 15 is 0 Å². The molecule has 0 radical (unpaired) electrons. The normalized spacial score (nSPS) is 10.6. The molecule has 0 aliphatic rings. The molecule has 0 fully saturated rings. The Kier molecular flexibility index (Phi) is 6.09. The highest BCUT2D eigenvalue weighted by molar-refractivity contribution is 5.65. The Bertz CT molecular complexity index is 953. The third-order valence-corrected chi connectivity index (χ3v) is 4.58. The summed E-state index contributed by atoms with van der Waals surface area (Å²) in [5.41, 5.74) is 4.41. The molecular weight excluding hydrogens is 353 g/mol. The van der Waals surface area contributed by atoms with E-state index in [1.165, 1.54) is 11.8 Å². The summed E-state index contributed by atoms with van der Waals surface area (Å²) >= 11 is 0. The number of nitrogens with one attached hydrogen (secondary N) is 2. The van der Waals surface area contributed by atoms with Gasteiger partial charge >= 0.3 is 0 Å². The van der Waals surface area contributed by atoms with E-state index in [1.54, 1.807) is 24.3 Å². The predicted octanol–water partition coefficient (Wildman–Crippen LogP) is 5.57. The number of nitrogens with zero attached hydrogens (tertiary/aromatic N) is 3. The molecule has 2 aromatic carbocycles. The highest BCUT2D eigenvalue weighted by Crippen LogP contribution is 2.26. The van der Waals surface area contributed by atoms with E-state index in [9.17, 15) is 4.39 Å². The zero-order valence-electron chi connectivity index (χ0n) is 16.8. The Morgan fingerprint density at radius 1 is 0.893 bits per heavy atom. The monoisotopic (exact) mass is 379 g/mol. The van der Waals surface area contributed by atoms with Gasteiger partial charge in [0.15, 0.2) is 0 Å². The van der Waals surface area contributed by atoms with Gasteiger partial charge in [-0.15, -0.1) is 0 Å². The van der Waals surface area contributed by atoms with Crippen LogP contribution in [0.25, 0.3) is 0 Å². The molecule has 1 aromatic heterocycles. The van der Waals surface area contributed by atoms with Crippen molar-refractivity contribution in [1.82, 2.24) is 9.97 Å². The molecule has 0 aliphatic heterocycles. The third kappa shape index (κ3) is 4.57. The average Bonchev–Trinajstić information content (AvgIpc) is 2.66. The largest absolute Gasteiger partial charge is 0.372 e. The fraction of sp³-hybridized carbons (Fsp3) is 0.273. The lowest BCUT2D eigenvalue weighted by molar-refractivity contribution is 0.632. The van der Waals surface area contributed by atoms with Crippen LogP contribution in [0.5, 0.6) is 0 Å². The summed E-state index contributed by atoms with van der Waals surface area (Å²) < 4.78 is 13.9. The number of rotatable bonds is 7. The summed E-state index contributed by atoms with van der Waals surface area (Å²) in [4.78, 5) is 11.2. The van der Waals surface area contributed by atoms with Crippen LogP contribution in [-0.2, 0) is 0 Å². The molecule has 0 aliphatic carbocycles. The quantitative estimate of drug-likeness (QED) is 0.562. The maximum Gasteiger partial charge on any atom is 0.229 e. The lowest BCUT2D eigenvalue weighted by Crippen LogP contribution is -2.21. The van der Waals surface area contributed by atoms with Gasteiger partial charge in [-0.3, -0.25) is 0 Å². The second-order valence-corrected chi connectivity index (χ2v) is 6.62. The van der Waals surface area contributed by atoms with Gasteiger partial charge < -0.3 is 15.5 Å². The minimum atomic E-state index is -0.323. The summed E-state index contributed by atoms with van der Waals surface area (Å²) in [6.07, 6.45) is 0. The first-order valence-electron chi connectivity index (χ1n) is 9.50. The van der Waals surface area contributed by atoms with Crippen LogP contribution in [0.1, 0.15) is 25.1 Å². The second-order valence-electron chi connectivity index (χ2n) is 6.62. The van der Waals surface area contributed by atoms with Crippen LogP contribution in [0.2, 0.25) is 0 Å². The van der Waals surface area contributed by atoms with E-state index < -0.39 is 0 Å². The van der Waals surface area contributed by atoms with Gasteiger partial charge in [0.2, 0.25) is 5.95 Å². The highest BCUT2D eigenvalue weighted by atomic mass is 19.1. The van der Waals surface area contributed by atoms with Crippen LogP contribution in [-0.4, -0.2) is 23.1 Å². The van der Waals surface area contributed by atoms with Gasteiger partial charge in [-0.1, -0.05) is 12.1 Å². The van der Waals surface area contributed by atoms with Gasteiger partial charge in [-0.05, 0) is 63.6 Å². The molecule has 146 valence electrons. The molecule has 0 bridgehead atoms. The fourth-order valence-corrected chi connectivity index (χ4v) is 3.08. The van der Waals surface area contributed by atoms with Crippen LogP contribution < -0.4 is 15.5 Å². The van der Waals surface area contributed by atoms with Gasteiger partial charge in [-0.25, -0.2) is 9.37 Å². The molecule has 3 aromatic rings. The molecule has 0 unspecified atom stereocenters.